The van der Waals surface area contributed by atoms with Crippen molar-refractivity contribution in [3.63, 3.8) is 0 Å². The molecule has 5 nitrogen and oxygen atoms in total. The van der Waals surface area contributed by atoms with E-state index < -0.39 is 23.4 Å². The first kappa shape index (κ1) is 30.1. The molecule has 0 saturated heterocycles. The van der Waals surface area contributed by atoms with Crippen molar-refractivity contribution >= 4 is 23.3 Å². The van der Waals surface area contributed by atoms with Gasteiger partial charge in [0.05, 0.1) is 22.5 Å². The van der Waals surface area contributed by atoms with E-state index in [-0.39, 0.29) is 5.56 Å². The van der Waals surface area contributed by atoms with Gasteiger partial charge < -0.3 is 15.4 Å². The number of amides is 1. The molecule has 218 valence electrons. The average Bonchev–Trinajstić information content (AvgIpc) is 3.19. The van der Waals surface area contributed by atoms with Gasteiger partial charge in [-0.2, -0.15) is 0 Å². The average molecular weight is 551 g/mol. The number of hydrogen-bond acceptors (Lipinski definition) is 4. The van der Waals surface area contributed by atoms with Crippen LogP contribution in [0.1, 0.15) is 138 Å². The van der Waals surface area contributed by atoms with Crippen LogP contribution in [-0.2, 0) is 21.7 Å². The Morgan fingerprint density at radius 1 is 0.725 bits per heavy atom. The minimum absolute atomic E-state index is 0.287. The topological polar surface area (TPSA) is 67.4 Å². The molecule has 2 aromatic carbocycles. The molecule has 2 aromatic rings. The number of benzene rings is 2. The molecular weight excluding hydrogens is 503 g/mol. The van der Waals surface area contributed by atoms with Gasteiger partial charge in [0.1, 0.15) is 5.82 Å². The highest BCUT2D eigenvalue weighted by atomic mass is 19.1. The number of unbranched alkanes of at least 4 members (excludes halogenated alkanes) is 16. The van der Waals surface area contributed by atoms with Crippen molar-refractivity contribution in [2.75, 3.05) is 10.6 Å². The largest absolute Gasteiger partial charge is 0.421 e. The van der Waals surface area contributed by atoms with Crippen molar-refractivity contribution in [2.45, 2.75) is 128 Å². The van der Waals surface area contributed by atoms with Crippen molar-refractivity contribution in [3.8, 4) is 0 Å². The molecule has 0 aromatic heterocycles. The third kappa shape index (κ3) is 7.64. The van der Waals surface area contributed by atoms with Crippen LogP contribution in [-0.4, -0.2) is 11.9 Å². The van der Waals surface area contributed by atoms with E-state index >= 15 is 0 Å². The third-order valence-corrected chi connectivity index (χ3v) is 8.39. The quantitative estimate of drug-likeness (QED) is 0.143. The van der Waals surface area contributed by atoms with E-state index in [1.54, 1.807) is 6.07 Å². The van der Waals surface area contributed by atoms with E-state index in [9.17, 15) is 14.0 Å². The summed E-state index contributed by atoms with van der Waals surface area (Å²) in [6.45, 7) is 2.27. The Bertz CT molecular complexity index is 1130. The lowest BCUT2D eigenvalue weighted by atomic mass is 9.95. The summed E-state index contributed by atoms with van der Waals surface area (Å²) in [6.07, 6.45) is 23.4. The van der Waals surface area contributed by atoms with Gasteiger partial charge in [0.2, 0.25) is 0 Å². The maximum absolute atomic E-state index is 14.0. The molecule has 1 atom stereocenters. The lowest BCUT2D eigenvalue weighted by molar-refractivity contribution is -0.132. The second-order valence-corrected chi connectivity index (χ2v) is 11.6. The number of fused-ring (bicyclic) bond motifs is 3. The van der Waals surface area contributed by atoms with Crippen molar-refractivity contribution in [3.05, 3.63) is 58.9 Å². The molecular formula is C34H47FN2O3. The van der Waals surface area contributed by atoms with Gasteiger partial charge >= 0.3 is 5.97 Å². The summed E-state index contributed by atoms with van der Waals surface area (Å²) in [6, 6.07) is 9.61. The first-order chi connectivity index (χ1) is 19.5. The van der Waals surface area contributed by atoms with Gasteiger partial charge in [-0.05, 0) is 42.7 Å². The zero-order valence-electron chi connectivity index (χ0n) is 24.3. The van der Waals surface area contributed by atoms with Gasteiger partial charge in [0.25, 0.3) is 11.6 Å². The van der Waals surface area contributed by atoms with Crippen LogP contribution in [0, 0.1) is 5.82 Å². The standard InChI is InChI=1S/C34H47FN2O3/c1-2-3-4-5-6-7-8-9-10-11-12-13-14-15-16-17-18-20-26-21-19-22-30-31(26)32(38)40-34(37-30)28-25-27(35)23-24-29(28)36-33(34)39/h19,21-25,37H,2-18,20H2,1H3,(H,36,39). The monoisotopic (exact) mass is 550 g/mol. The third-order valence-electron chi connectivity index (χ3n) is 8.39. The van der Waals surface area contributed by atoms with Gasteiger partial charge in [-0.1, -0.05) is 122 Å². The van der Waals surface area contributed by atoms with Crippen molar-refractivity contribution < 1.29 is 18.7 Å². The van der Waals surface area contributed by atoms with E-state index in [0.29, 0.717) is 16.9 Å². The molecule has 0 saturated carbocycles. The summed E-state index contributed by atoms with van der Waals surface area (Å²) < 4.78 is 19.7. The fourth-order valence-corrected chi connectivity index (χ4v) is 6.07. The van der Waals surface area contributed by atoms with Crippen LogP contribution in [0.2, 0.25) is 0 Å². The highest BCUT2D eigenvalue weighted by Gasteiger charge is 2.54. The zero-order valence-corrected chi connectivity index (χ0v) is 24.3. The van der Waals surface area contributed by atoms with Crippen molar-refractivity contribution in [1.82, 2.24) is 0 Å². The lowest BCUT2D eigenvalue weighted by Crippen LogP contribution is -2.49. The molecule has 0 aliphatic carbocycles. The molecule has 2 N–H and O–H groups in total. The van der Waals surface area contributed by atoms with Crippen LogP contribution in [0.25, 0.3) is 0 Å². The summed E-state index contributed by atoms with van der Waals surface area (Å²) in [5.74, 6) is -1.57. The minimum atomic E-state index is -1.74. The smallest absolute Gasteiger partial charge is 0.343 e. The maximum atomic E-state index is 14.0. The lowest BCUT2D eigenvalue weighted by Gasteiger charge is -2.35. The highest BCUT2D eigenvalue weighted by Crippen LogP contribution is 2.44. The second kappa shape index (κ2) is 15.2. The van der Waals surface area contributed by atoms with Crippen molar-refractivity contribution in [1.29, 1.82) is 0 Å². The number of anilines is 2. The van der Waals surface area contributed by atoms with Crippen molar-refractivity contribution in [2.24, 2.45) is 0 Å². The van der Waals surface area contributed by atoms with Gasteiger partial charge in [0, 0.05) is 0 Å². The normalized spacial score (nSPS) is 17.4. The first-order valence-electron chi connectivity index (χ1n) is 15.8. The molecule has 0 fully saturated rings. The van der Waals surface area contributed by atoms with Gasteiger partial charge in [0.15, 0.2) is 0 Å². The van der Waals surface area contributed by atoms with Crippen LogP contribution in [0.4, 0.5) is 15.8 Å². The fraction of sp³-hybridized carbons (Fsp3) is 0.588. The molecule has 0 radical (unpaired) electrons. The van der Waals surface area contributed by atoms with Crippen LogP contribution >= 0.6 is 0 Å². The number of halogens is 1. The van der Waals surface area contributed by atoms with E-state index in [1.807, 2.05) is 12.1 Å². The number of esters is 1. The van der Waals surface area contributed by atoms with E-state index in [2.05, 4.69) is 17.6 Å². The number of rotatable bonds is 18. The summed E-state index contributed by atoms with van der Waals surface area (Å²) in [5.41, 5.74) is 0.928. The molecule has 4 rings (SSSR count). The number of aryl methyl sites for hydroxylation is 1. The SMILES string of the molecule is CCCCCCCCCCCCCCCCCCCc1cccc2c1C(=O)OC1(N2)C(=O)Nc2ccc(F)cc21. The Hall–Kier alpha value is -2.89. The molecule has 6 heteroatoms. The molecule has 2 aliphatic heterocycles. The fourth-order valence-electron chi connectivity index (χ4n) is 6.07. The summed E-state index contributed by atoms with van der Waals surface area (Å²) in [5, 5.41) is 5.81. The maximum Gasteiger partial charge on any atom is 0.343 e. The highest BCUT2D eigenvalue weighted by molar-refractivity contribution is 6.11. The molecule has 1 spiro atoms. The van der Waals surface area contributed by atoms with Gasteiger partial charge in [-0.3, -0.25) is 4.79 Å². The Labute approximate surface area is 239 Å². The number of ether oxygens (including phenoxy) is 1. The summed E-state index contributed by atoms with van der Waals surface area (Å²) in [4.78, 5) is 26.0. The Kier molecular flexibility index (Phi) is 11.4. The number of carbonyl (C=O) groups excluding carboxylic acids is 2. The first-order valence-corrected chi connectivity index (χ1v) is 15.8. The van der Waals surface area contributed by atoms with E-state index in [4.69, 9.17) is 4.74 Å². The zero-order chi connectivity index (χ0) is 28.2. The van der Waals surface area contributed by atoms with Crippen LogP contribution < -0.4 is 10.6 Å². The number of nitrogens with one attached hydrogen (secondary N) is 2. The molecule has 40 heavy (non-hydrogen) atoms. The molecule has 2 heterocycles. The van der Waals surface area contributed by atoms with Crippen LogP contribution in [0.3, 0.4) is 0 Å². The van der Waals surface area contributed by atoms with E-state index in [0.717, 1.165) is 24.8 Å². The van der Waals surface area contributed by atoms with Crippen LogP contribution in [0.15, 0.2) is 36.4 Å². The predicted molar refractivity (Wildman–Crippen MR) is 160 cm³/mol. The molecule has 2 aliphatic rings. The van der Waals surface area contributed by atoms with Crippen LogP contribution in [0.5, 0.6) is 0 Å². The summed E-state index contributed by atoms with van der Waals surface area (Å²) in [7, 11) is 0. The summed E-state index contributed by atoms with van der Waals surface area (Å²) >= 11 is 0. The second-order valence-electron chi connectivity index (χ2n) is 11.6. The predicted octanol–water partition coefficient (Wildman–Crippen LogP) is 9.41. The number of hydrogen-bond donors (Lipinski definition) is 2. The Morgan fingerprint density at radius 2 is 1.30 bits per heavy atom. The van der Waals surface area contributed by atoms with E-state index in [1.165, 1.54) is 115 Å². The Morgan fingerprint density at radius 3 is 1.90 bits per heavy atom. The molecule has 1 unspecified atom stereocenters. The van der Waals surface area contributed by atoms with Gasteiger partial charge in [-0.25, -0.2) is 9.18 Å². The molecule has 0 bridgehead atoms. The molecule has 1 amide bonds. The number of carbonyl (C=O) groups is 2. The minimum Gasteiger partial charge on any atom is -0.421 e. The van der Waals surface area contributed by atoms with Gasteiger partial charge in [-0.15, -0.1) is 0 Å². The Balaban J connectivity index is 1.12.